The molecule has 0 fully saturated rings. The number of aromatic nitrogens is 1. The van der Waals surface area contributed by atoms with E-state index in [9.17, 15) is 18.0 Å². The van der Waals surface area contributed by atoms with Crippen molar-refractivity contribution in [2.45, 2.75) is 17.6 Å². The van der Waals surface area contributed by atoms with Crippen LogP contribution in [0.2, 0.25) is 0 Å². The van der Waals surface area contributed by atoms with Gasteiger partial charge in [-0.1, -0.05) is 24.3 Å². The van der Waals surface area contributed by atoms with Crippen LogP contribution in [-0.4, -0.2) is 22.2 Å². The van der Waals surface area contributed by atoms with Gasteiger partial charge in [0.15, 0.2) is 0 Å². The van der Waals surface area contributed by atoms with Gasteiger partial charge in [0.2, 0.25) is 0 Å². The van der Waals surface area contributed by atoms with Gasteiger partial charge in [0, 0.05) is 40.6 Å². The fourth-order valence-electron chi connectivity index (χ4n) is 2.84. The first kappa shape index (κ1) is 19.8. The first-order valence-corrected chi connectivity index (χ1v) is 9.16. The summed E-state index contributed by atoms with van der Waals surface area (Å²) in [5.74, 6) is -0.559. The second-order valence-corrected chi connectivity index (χ2v) is 7.16. The average Bonchev–Trinajstić information content (AvgIpc) is 2.98. The minimum Gasteiger partial charge on any atom is -0.350 e. The number of rotatable bonds is 5. The van der Waals surface area contributed by atoms with Crippen LogP contribution in [-0.2, 0) is 12.7 Å². The number of halogens is 3. The number of carbonyl (C=O) groups excluding carboxylic acids is 1. The Bertz CT molecular complexity index is 1030. The number of amidine groups is 1. The molecular formula is C19H18F3N4OS+. The Balaban J connectivity index is 1.70. The van der Waals surface area contributed by atoms with E-state index in [0.717, 1.165) is 27.9 Å². The molecule has 9 heteroatoms. The molecule has 3 rings (SSSR count). The van der Waals surface area contributed by atoms with Gasteiger partial charge in [-0.05, 0) is 36.0 Å². The van der Waals surface area contributed by atoms with Crippen molar-refractivity contribution in [2.24, 2.45) is 5.73 Å². The summed E-state index contributed by atoms with van der Waals surface area (Å²) < 4.78 is 40.3. The van der Waals surface area contributed by atoms with Crippen LogP contribution < -0.4 is 16.5 Å². The highest BCUT2D eigenvalue weighted by Gasteiger charge is 2.30. The van der Waals surface area contributed by atoms with Crippen molar-refractivity contribution in [1.29, 1.82) is 0 Å². The van der Waals surface area contributed by atoms with Gasteiger partial charge in [-0.15, -0.1) is 0 Å². The van der Waals surface area contributed by atoms with E-state index in [4.69, 9.17) is 11.1 Å². The number of nitrogens with one attached hydrogen (secondary N) is 1. The third-order valence-corrected chi connectivity index (χ3v) is 4.85. The summed E-state index contributed by atoms with van der Waals surface area (Å²) in [5, 5.41) is 9.43. The number of nitrogens with zero attached hydrogens (tertiary/aromatic N) is 1. The minimum absolute atomic E-state index is 0.0334. The summed E-state index contributed by atoms with van der Waals surface area (Å²) in [6.45, 7) is 0.690. The van der Waals surface area contributed by atoms with Crippen molar-refractivity contribution in [1.82, 2.24) is 9.88 Å². The zero-order chi connectivity index (χ0) is 20.3. The highest BCUT2D eigenvalue weighted by molar-refractivity contribution is 8.13. The van der Waals surface area contributed by atoms with Crippen molar-refractivity contribution in [3.05, 3.63) is 65.9 Å². The number of fused-ring (bicyclic) bond motifs is 1. The maximum absolute atomic E-state index is 12.8. The van der Waals surface area contributed by atoms with E-state index in [2.05, 4.69) is 5.32 Å². The van der Waals surface area contributed by atoms with Gasteiger partial charge in [-0.3, -0.25) is 15.9 Å². The molecule has 0 aliphatic rings. The van der Waals surface area contributed by atoms with Crippen molar-refractivity contribution in [3.63, 3.8) is 0 Å². The molecule has 0 aliphatic carbocycles. The topological polar surface area (TPSA) is 85.6 Å². The maximum Gasteiger partial charge on any atom is 0.416 e. The Morgan fingerprint density at radius 3 is 2.64 bits per heavy atom. The lowest BCUT2D eigenvalue weighted by molar-refractivity contribution is -0.137. The summed E-state index contributed by atoms with van der Waals surface area (Å²) >= 11 is 1.25. The molecule has 1 aromatic heterocycles. The molecule has 1 amide bonds. The number of benzene rings is 2. The van der Waals surface area contributed by atoms with Crippen molar-refractivity contribution < 1.29 is 23.4 Å². The highest BCUT2D eigenvalue weighted by atomic mass is 32.2. The maximum atomic E-state index is 12.8. The van der Waals surface area contributed by atoms with Crippen LogP contribution in [0.1, 0.15) is 15.9 Å². The van der Waals surface area contributed by atoms with Gasteiger partial charge in [0.05, 0.1) is 5.56 Å². The molecule has 2 aromatic carbocycles. The van der Waals surface area contributed by atoms with Crippen LogP contribution >= 0.6 is 11.8 Å². The van der Waals surface area contributed by atoms with Crippen LogP contribution in [0, 0.1) is 0 Å². The van der Waals surface area contributed by atoms with E-state index in [1.807, 2.05) is 35.0 Å². The number of amides is 1. The molecule has 28 heavy (non-hydrogen) atoms. The molecule has 0 radical (unpaired) electrons. The van der Waals surface area contributed by atoms with E-state index < -0.39 is 17.6 Å². The van der Waals surface area contributed by atoms with Crippen LogP contribution in [0.25, 0.3) is 10.9 Å². The smallest absolute Gasteiger partial charge is 0.350 e. The molecule has 5 nitrogen and oxygen atoms in total. The fourth-order valence-corrected chi connectivity index (χ4v) is 3.55. The average molecular weight is 407 g/mol. The largest absolute Gasteiger partial charge is 0.416 e. The number of thioether (sulfide) groups is 1. The fraction of sp³-hybridized carbons (Fsp3) is 0.158. The number of alkyl halides is 3. The Labute approximate surface area is 163 Å². The molecule has 0 unspecified atom stereocenters. The standard InChI is InChI=1S/C19H17F3N4OS/c20-19(21,22)13-5-3-4-12(10-13)17(27)25-8-9-26-11-16(28-18(23)24)14-6-1-2-7-15(14)26/h1-7,10-11H,8-9H2,(H3,23,24)(H,25,27)/p+1. The first-order chi connectivity index (χ1) is 13.3. The van der Waals surface area contributed by atoms with Gasteiger partial charge in [0.1, 0.15) is 0 Å². The third kappa shape index (κ3) is 4.48. The minimum atomic E-state index is -4.49. The molecule has 5 N–H and O–H groups in total. The predicted molar refractivity (Wildman–Crippen MR) is 103 cm³/mol. The first-order valence-electron chi connectivity index (χ1n) is 8.35. The molecule has 0 atom stereocenters. The molecule has 0 saturated heterocycles. The Morgan fingerprint density at radius 2 is 1.93 bits per heavy atom. The lowest BCUT2D eigenvalue weighted by atomic mass is 10.1. The summed E-state index contributed by atoms with van der Waals surface area (Å²) in [6.07, 6.45) is -2.61. The van der Waals surface area contributed by atoms with Gasteiger partial charge in [-0.2, -0.15) is 13.2 Å². The Kier molecular flexibility index (Phi) is 5.64. The summed E-state index contributed by atoms with van der Waals surface area (Å²) in [7, 11) is 0. The highest BCUT2D eigenvalue weighted by Crippen LogP contribution is 2.30. The van der Waals surface area contributed by atoms with Gasteiger partial charge in [-0.25, -0.2) is 0 Å². The molecule has 0 bridgehead atoms. The van der Waals surface area contributed by atoms with E-state index in [-0.39, 0.29) is 17.3 Å². The second kappa shape index (κ2) is 7.97. The molecule has 1 heterocycles. The normalized spacial score (nSPS) is 11.5. The van der Waals surface area contributed by atoms with E-state index in [1.165, 1.54) is 23.9 Å². The number of hydrogen-bond donors (Lipinski definition) is 3. The molecule has 0 aliphatic heterocycles. The molecule has 3 aromatic rings. The van der Waals surface area contributed by atoms with Crippen LogP contribution in [0.15, 0.2) is 59.6 Å². The van der Waals surface area contributed by atoms with Gasteiger partial charge in [0.25, 0.3) is 5.91 Å². The van der Waals surface area contributed by atoms with Crippen molar-refractivity contribution >= 4 is 33.7 Å². The lowest BCUT2D eigenvalue weighted by Gasteiger charge is -2.10. The van der Waals surface area contributed by atoms with Gasteiger partial charge >= 0.3 is 11.3 Å². The van der Waals surface area contributed by atoms with Crippen LogP contribution in [0.5, 0.6) is 0 Å². The lowest BCUT2D eigenvalue weighted by Crippen LogP contribution is -2.43. The zero-order valence-electron chi connectivity index (χ0n) is 14.7. The summed E-state index contributed by atoms with van der Waals surface area (Å²) in [5.41, 5.74) is 5.64. The monoisotopic (exact) mass is 407 g/mol. The van der Waals surface area contributed by atoms with Crippen molar-refractivity contribution in [3.8, 4) is 0 Å². The van der Waals surface area contributed by atoms with Crippen LogP contribution in [0.3, 0.4) is 0 Å². The molecule has 0 spiro atoms. The third-order valence-electron chi connectivity index (χ3n) is 4.07. The van der Waals surface area contributed by atoms with E-state index in [0.29, 0.717) is 6.54 Å². The molecule has 146 valence electrons. The quantitative estimate of drug-likeness (QED) is 0.345. The van der Waals surface area contributed by atoms with Crippen LogP contribution in [0.4, 0.5) is 13.2 Å². The summed E-state index contributed by atoms with van der Waals surface area (Å²) in [6, 6.07) is 12.0. The number of para-hydroxylation sites is 1. The SMILES string of the molecule is NC(=[NH2+])Sc1cn(CCNC(=O)c2cccc(C(F)(F)F)c2)c2ccccc12. The second-order valence-electron chi connectivity index (χ2n) is 6.04. The van der Waals surface area contributed by atoms with E-state index >= 15 is 0 Å². The molecular weight excluding hydrogens is 389 g/mol. The predicted octanol–water partition coefficient (Wildman–Crippen LogP) is 2.26. The zero-order valence-corrected chi connectivity index (χ0v) is 15.5. The van der Waals surface area contributed by atoms with Gasteiger partial charge < -0.3 is 9.88 Å². The Hall–Kier alpha value is -2.94. The number of hydrogen-bond acceptors (Lipinski definition) is 2. The number of nitrogens with two attached hydrogens (primary N) is 2. The molecule has 0 saturated carbocycles. The van der Waals surface area contributed by atoms with E-state index in [1.54, 1.807) is 0 Å². The number of carbonyl (C=O) groups is 1. The Morgan fingerprint density at radius 1 is 1.18 bits per heavy atom. The van der Waals surface area contributed by atoms with Crippen molar-refractivity contribution in [2.75, 3.05) is 6.54 Å². The summed E-state index contributed by atoms with van der Waals surface area (Å²) in [4.78, 5) is 13.1.